The molecule has 1 aliphatic heterocycles. The first-order valence-corrected chi connectivity index (χ1v) is 11.3. The molecule has 1 amide bonds. The molecule has 1 aromatic heterocycles. The van der Waals surface area contributed by atoms with Gasteiger partial charge in [-0.05, 0) is 66.2 Å². The number of anilines is 1. The maximum absolute atomic E-state index is 13.5. The van der Waals surface area contributed by atoms with Gasteiger partial charge in [0.2, 0.25) is 0 Å². The molecule has 162 valence electrons. The summed E-state index contributed by atoms with van der Waals surface area (Å²) in [7, 11) is 0. The fraction of sp³-hybridized carbons (Fsp3) is 0. The lowest BCUT2D eigenvalue weighted by atomic mass is 10.1. The molecule has 33 heavy (non-hydrogen) atoms. The minimum absolute atomic E-state index is 0.171. The average molecular weight is 493 g/mol. The predicted octanol–water partition coefficient (Wildman–Crippen LogP) is 8.38. The molecule has 2 heterocycles. The first-order chi connectivity index (χ1) is 16.0. The molecule has 0 aliphatic carbocycles. The number of benzene rings is 3. The highest BCUT2D eigenvalue weighted by Gasteiger charge is 2.30. The summed E-state index contributed by atoms with van der Waals surface area (Å²) in [6.07, 6.45) is 3.57. The molecule has 3 nitrogen and oxygen atoms in total. The second-order valence-electron chi connectivity index (χ2n) is 7.44. The van der Waals surface area contributed by atoms with Crippen LogP contribution in [0, 0.1) is 0 Å². The van der Waals surface area contributed by atoms with Gasteiger partial charge in [0.15, 0.2) is 0 Å². The van der Waals surface area contributed by atoms with Gasteiger partial charge in [-0.3, -0.25) is 9.69 Å². The number of nitrogens with zero attached hydrogens (tertiary/aromatic N) is 1. The van der Waals surface area contributed by atoms with Crippen LogP contribution in [0.25, 0.3) is 23.1 Å². The lowest BCUT2D eigenvalue weighted by molar-refractivity contribution is -0.113. The summed E-state index contributed by atoms with van der Waals surface area (Å²) >= 11 is 18.6. The van der Waals surface area contributed by atoms with Gasteiger partial charge in [0.05, 0.1) is 16.4 Å². The summed E-state index contributed by atoms with van der Waals surface area (Å²) in [5.74, 6) is 0.926. The Labute approximate surface area is 206 Å². The molecule has 0 saturated heterocycles. The van der Waals surface area contributed by atoms with Crippen molar-refractivity contribution in [3.63, 3.8) is 0 Å². The number of carbonyl (C=O) groups excluding carboxylic acids is 1. The lowest BCUT2D eigenvalue weighted by Gasteiger charge is -2.21. The monoisotopic (exact) mass is 491 g/mol. The smallest absolute Gasteiger partial charge is 0.263 e. The fourth-order valence-corrected chi connectivity index (χ4v) is 4.29. The van der Waals surface area contributed by atoms with E-state index in [0.717, 1.165) is 11.3 Å². The second-order valence-corrected chi connectivity index (χ2v) is 8.72. The minimum Gasteiger partial charge on any atom is -0.457 e. The fourth-order valence-electron chi connectivity index (χ4n) is 3.72. The van der Waals surface area contributed by atoms with Crippen LogP contribution in [0.2, 0.25) is 15.1 Å². The second kappa shape index (κ2) is 8.95. The molecule has 3 aromatic carbocycles. The molecule has 0 bridgehead atoms. The summed E-state index contributed by atoms with van der Waals surface area (Å²) in [6, 6.07) is 25.7. The Kier molecular flexibility index (Phi) is 5.86. The molecule has 4 aromatic rings. The van der Waals surface area contributed by atoms with Gasteiger partial charge in [0, 0.05) is 21.2 Å². The predicted molar refractivity (Wildman–Crippen MR) is 135 cm³/mol. The number of rotatable bonds is 4. The van der Waals surface area contributed by atoms with Crippen LogP contribution in [-0.4, -0.2) is 5.91 Å². The van der Waals surface area contributed by atoms with Gasteiger partial charge in [0.25, 0.3) is 5.91 Å². The van der Waals surface area contributed by atoms with Gasteiger partial charge in [-0.1, -0.05) is 71.2 Å². The summed E-state index contributed by atoms with van der Waals surface area (Å²) in [5.41, 5.74) is 3.55. The van der Waals surface area contributed by atoms with Crippen LogP contribution < -0.4 is 4.90 Å². The van der Waals surface area contributed by atoms with Crippen molar-refractivity contribution >= 4 is 58.2 Å². The zero-order chi connectivity index (χ0) is 22.9. The molecule has 0 unspecified atom stereocenters. The molecule has 0 N–H and O–H groups in total. The average Bonchev–Trinajstić information content (AvgIpc) is 3.41. The van der Waals surface area contributed by atoms with E-state index in [0.29, 0.717) is 43.4 Å². The largest absolute Gasteiger partial charge is 0.457 e. The number of amides is 1. The molecule has 0 spiro atoms. The van der Waals surface area contributed by atoms with Gasteiger partial charge in [0.1, 0.15) is 11.5 Å². The van der Waals surface area contributed by atoms with Gasteiger partial charge in [-0.2, -0.15) is 0 Å². The van der Waals surface area contributed by atoms with E-state index in [9.17, 15) is 4.79 Å². The molecule has 1 aliphatic rings. The molecular weight excluding hydrogens is 477 g/mol. The Morgan fingerprint density at radius 3 is 2.36 bits per heavy atom. The van der Waals surface area contributed by atoms with E-state index in [1.54, 1.807) is 53.4 Å². The number of furan rings is 1. The van der Waals surface area contributed by atoms with Crippen LogP contribution in [0.3, 0.4) is 0 Å². The Hall–Kier alpha value is -3.24. The molecule has 0 fully saturated rings. The van der Waals surface area contributed by atoms with Crippen molar-refractivity contribution in [2.75, 3.05) is 4.90 Å². The van der Waals surface area contributed by atoms with Crippen LogP contribution in [0.5, 0.6) is 0 Å². The molecule has 0 saturated carbocycles. The van der Waals surface area contributed by atoms with Crippen LogP contribution >= 0.6 is 34.8 Å². The highest BCUT2D eigenvalue weighted by molar-refractivity contribution is 6.35. The first kappa shape index (κ1) is 21.6. The van der Waals surface area contributed by atoms with Crippen LogP contribution in [0.4, 0.5) is 5.69 Å². The van der Waals surface area contributed by atoms with E-state index >= 15 is 0 Å². The molecule has 6 heteroatoms. The van der Waals surface area contributed by atoms with Crippen molar-refractivity contribution in [3.8, 4) is 11.3 Å². The van der Waals surface area contributed by atoms with E-state index in [4.69, 9.17) is 39.2 Å². The number of hydrogen-bond acceptors (Lipinski definition) is 2. The van der Waals surface area contributed by atoms with Gasteiger partial charge in [-0.25, -0.2) is 0 Å². The van der Waals surface area contributed by atoms with Crippen molar-refractivity contribution in [1.82, 2.24) is 0 Å². The topological polar surface area (TPSA) is 33.5 Å². The van der Waals surface area contributed by atoms with Crippen LogP contribution in [0.1, 0.15) is 11.3 Å². The third-order valence-corrected chi connectivity index (χ3v) is 6.04. The molecule has 5 rings (SSSR count). The highest BCUT2D eigenvalue weighted by atomic mass is 35.5. The Morgan fingerprint density at radius 2 is 1.58 bits per heavy atom. The zero-order valence-electron chi connectivity index (χ0n) is 17.1. The molecular formula is C27H16Cl3NO2. The number of hydrogen-bond donors (Lipinski definition) is 0. The van der Waals surface area contributed by atoms with E-state index in [2.05, 4.69) is 0 Å². The van der Waals surface area contributed by atoms with Crippen molar-refractivity contribution in [2.45, 2.75) is 0 Å². The van der Waals surface area contributed by atoms with Crippen molar-refractivity contribution in [1.29, 1.82) is 0 Å². The van der Waals surface area contributed by atoms with E-state index < -0.39 is 0 Å². The Bertz CT molecular complexity index is 1420. The maximum Gasteiger partial charge on any atom is 0.263 e. The number of halogens is 3. The lowest BCUT2D eigenvalue weighted by Crippen LogP contribution is -2.24. The maximum atomic E-state index is 13.5. The normalized spacial score (nSPS) is 14.8. The first-order valence-electron chi connectivity index (χ1n) is 10.1. The zero-order valence-corrected chi connectivity index (χ0v) is 19.4. The SMILES string of the molecule is O=C1C(=Cc2ccc(-c3cc(Cl)ccc3Cl)o2)C=C(c2ccccc2)N1c1cccc(Cl)c1. The van der Waals surface area contributed by atoms with Gasteiger partial charge >= 0.3 is 0 Å². The Balaban J connectivity index is 1.56. The van der Waals surface area contributed by atoms with E-state index in [1.165, 1.54) is 0 Å². The Morgan fingerprint density at radius 1 is 0.788 bits per heavy atom. The van der Waals surface area contributed by atoms with Crippen LogP contribution in [0.15, 0.2) is 101 Å². The third kappa shape index (κ3) is 4.36. The summed E-state index contributed by atoms with van der Waals surface area (Å²) < 4.78 is 5.98. The quantitative estimate of drug-likeness (QED) is 0.268. The van der Waals surface area contributed by atoms with E-state index in [-0.39, 0.29) is 5.91 Å². The standard InChI is InChI=1S/C27H16Cl3NO2/c28-19-7-4-8-21(15-19)31-25(17-5-2-1-3-6-17)14-18(27(31)32)13-22-10-12-26(33-22)23-16-20(29)9-11-24(23)30/h1-16H. The minimum atomic E-state index is -0.171. The van der Waals surface area contributed by atoms with Crippen molar-refractivity contribution in [2.24, 2.45) is 0 Å². The molecule has 0 atom stereocenters. The van der Waals surface area contributed by atoms with Crippen LogP contribution in [-0.2, 0) is 4.79 Å². The number of carbonyl (C=O) groups is 1. The third-order valence-electron chi connectivity index (χ3n) is 5.24. The van der Waals surface area contributed by atoms with Gasteiger partial charge in [-0.15, -0.1) is 0 Å². The van der Waals surface area contributed by atoms with Crippen molar-refractivity contribution < 1.29 is 9.21 Å². The highest BCUT2D eigenvalue weighted by Crippen LogP contribution is 2.37. The summed E-state index contributed by atoms with van der Waals surface area (Å²) in [6.45, 7) is 0. The molecule has 0 radical (unpaired) electrons. The van der Waals surface area contributed by atoms with Gasteiger partial charge < -0.3 is 4.42 Å². The van der Waals surface area contributed by atoms with Crippen molar-refractivity contribution in [3.05, 3.63) is 123 Å². The van der Waals surface area contributed by atoms with E-state index in [1.807, 2.05) is 48.5 Å². The summed E-state index contributed by atoms with van der Waals surface area (Å²) in [4.78, 5) is 15.1. The summed E-state index contributed by atoms with van der Waals surface area (Å²) in [5, 5.41) is 1.65.